The summed E-state index contributed by atoms with van der Waals surface area (Å²) in [4.78, 5) is 9.97. The molecule has 17 heavy (non-hydrogen) atoms. The highest BCUT2D eigenvalue weighted by atomic mass is 79.9. The van der Waals surface area contributed by atoms with Gasteiger partial charge in [0.05, 0.1) is 0 Å². The standard InChI is InChI=1S/C12H11BrN2S2/c1-8-7-9(2)15-12(14-8)17-16-11-5-3-10(13)4-6-11/h3-7H,1-2H3. The Morgan fingerprint density at radius 1 is 0.941 bits per heavy atom. The molecule has 2 nitrogen and oxygen atoms in total. The van der Waals surface area contributed by atoms with Crippen molar-refractivity contribution in [2.45, 2.75) is 23.9 Å². The minimum Gasteiger partial charge on any atom is -0.227 e. The Bertz CT molecular complexity index is 494. The van der Waals surface area contributed by atoms with Crippen LogP contribution in [0.15, 0.2) is 44.9 Å². The molecule has 1 aromatic carbocycles. The van der Waals surface area contributed by atoms with Crippen molar-refractivity contribution in [1.29, 1.82) is 0 Å². The number of rotatable bonds is 3. The van der Waals surface area contributed by atoms with Gasteiger partial charge in [-0.25, -0.2) is 9.97 Å². The van der Waals surface area contributed by atoms with Crippen molar-refractivity contribution in [3.8, 4) is 0 Å². The zero-order valence-electron chi connectivity index (χ0n) is 9.48. The second kappa shape index (κ2) is 5.89. The third-order valence-electron chi connectivity index (χ3n) is 1.99. The molecule has 0 N–H and O–H groups in total. The van der Waals surface area contributed by atoms with Crippen molar-refractivity contribution in [3.63, 3.8) is 0 Å². The summed E-state index contributed by atoms with van der Waals surface area (Å²) in [5.41, 5.74) is 2.02. The van der Waals surface area contributed by atoms with Crippen molar-refractivity contribution < 1.29 is 0 Å². The molecule has 0 aliphatic carbocycles. The van der Waals surface area contributed by atoms with Crippen molar-refractivity contribution in [1.82, 2.24) is 9.97 Å². The Morgan fingerprint density at radius 2 is 1.53 bits per heavy atom. The predicted octanol–water partition coefficient (Wildman–Crippen LogP) is 4.66. The Balaban J connectivity index is 2.04. The van der Waals surface area contributed by atoms with Crippen LogP contribution in [0.5, 0.6) is 0 Å². The molecular weight excluding hydrogens is 316 g/mol. The SMILES string of the molecule is Cc1cc(C)nc(SSc2ccc(Br)cc2)n1. The minimum absolute atomic E-state index is 0.815. The first-order valence-electron chi connectivity index (χ1n) is 5.06. The zero-order valence-corrected chi connectivity index (χ0v) is 12.7. The molecule has 0 spiro atoms. The van der Waals surface area contributed by atoms with E-state index >= 15 is 0 Å². The van der Waals surface area contributed by atoms with Gasteiger partial charge >= 0.3 is 0 Å². The normalized spacial score (nSPS) is 10.5. The van der Waals surface area contributed by atoms with E-state index < -0.39 is 0 Å². The summed E-state index contributed by atoms with van der Waals surface area (Å²) in [6.07, 6.45) is 0. The van der Waals surface area contributed by atoms with Crippen LogP contribution < -0.4 is 0 Å². The zero-order chi connectivity index (χ0) is 12.3. The van der Waals surface area contributed by atoms with E-state index in [1.165, 1.54) is 4.90 Å². The summed E-state index contributed by atoms with van der Waals surface area (Å²) in [6, 6.07) is 10.2. The van der Waals surface area contributed by atoms with Crippen LogP contribution in [0.3, 0.4) is 0 Å². The average Bonchev–Trinajstić information content (AvgIpc) is 2.27. The number of hydrogen-bond acceptors (Lipinski definition) is 4. The van der Waals surface area contributed by atoms with Crippen LogP contribution in [0.1, 0.15) is 11.4 Å². The second-order valence-electron chi connectivity index (χ2n) is 3.55. The molecule has 0 bridgehead atoms. The van der Waals surface area contributed by atoms with Crippen LogP contribution in [-0.4, -0.2) is 9.97 Å². The van der Waals surface area contributed by atoms with E-state index in [1.807, 2.05) is 32.0 Å². The van der Waals surface area contributed by atoms with E-state index in [0.29, 0.717) is 0 Å². The fraction of sp³-hybridized carbons (Fsp3) is 0.167. The number of nitrogens with zero attached hydrogens (tertiary/aromatic N) is 2. The maximum atomic E-state index is 4.39. The summed E-state index contributed by atoms with van der Waals surface area (Å²) in [5.74, 6) is 0. The maximum Gasteiger partial charge on any atom is 0.199 e. The van der Waals surface area contributed by atoms with Gasteiger partial charge in [0.1, 0.15) is 0 Å². The Hall–Kier alpha value is -0.520. The van der Waals surface area contributed by atoms with Crippen LogP contribution in [0.2, 0.25) is 0 Å². The lowest BCUT2D eigenvalue weighted by atomic mass is 10.4. The lowest BCUT2D eigenvalue weighted by Gasteiger charge is -2.02. The van der Waals surface area contributed by atoms with Gasteiger partial charge in [-0.05, 0) is 65.8 Å². The average molecular weight is 327 g/mol. The van der Waals surface area contributed by atoms with Crippen LogP contribution in [0.4, 0.5) is 0 Å². The first-order valence-corrected chi connectivity index (χ1v) is 8.00. The van der Waals surface area contributed by atoms with Crippen molar-refractivity contribution in [2.24, 2.45) is 0 Å². The van der Waals surface area contributed by atoms with Gasteiger partial charge < -0.3 is 0 Å². The number of aromatic nitrogens is 2. The van der Waals surface area contributed by atoms with Crippen LogP contribution in [-0.2, 0) is 0 Å². The molecule has 0 aliphatic rings. The second-order valence-corrected chi connectivity index (χ2v) is 6.64. The van der Waals surface area contributed by atoms with Crippen LogP contribution in [0, 0.1) is 13.8 Å². The lowest BCUT2D eigenvalue weighted by molar-refractivity contribution is 0.907. The van der Waals surface area contributed by atoms with Gasteiger partial charge in [-0.1, -0.05) is 15.9 Å². The molecule has 1 heterocycles. The van der Waals surface area contributed by atoms with Crippen molar-refractivity contribution in [3.05, 3.63) is 46.2 Å². The maximum absolute atomic E-state index is 4.39. The number of hydrogen-bond donors (Lipinski definition) is 0. The first kappa shape index (κ1) is 12.9. The van der Waals surface area contributed by atoms with Gasteiger partial charge in [-0.2, -0.15) is 0 Å². The van der Waals surface area contributed by atoms with E-state index in [1.54, 1.807) is 21.6 Å². The molecule has 0 amide bonds. The van der Waals surface area contributed by atoms with Crippen molar-refractivity contribution in [2.75, 3.05) is 0 Å². The third kappa shape index (κ3) is 4.01. The summed E-state index contributed by atoms with van der Waals surface area (Å²) >= 11 is 3.42. The summed E-state index contributed by atoms with van der Waals surface area (Å²) in [7, 11) is 3.26. The van der Waals surface area contributed by atoms with E-state index in [9.17, 15) is 0 Å². The number of aryl methyl sites for hydroxylation is 2. The third-order valence-corrected chi connectivity index (χ3v) is 4.67. The van der Waals surface area contributed by atoms with Crippen LogP contribution in [0.25, 0.3) is 0 Å². The van der Waals surface area contributed by atoms with Gasteiger partial charge in [0, 0.05) is 20.8 Å². The van der Waals surface area contributed by atoms with E-state index in [-0.39, 0.29) is 0 Å². The topological polar surface area (TPSA) is 25.8 Å². The van der Waals surface area contributed by atoms with Gasteiger partial charge in [0.2, 0.25) is 0 Å². The molecule has 0 saturated carbocycles. The highest BCUT2D eigenvalue weighted by molar-refractivity contribution is 9.10. The number of benzene rings is 1. The summed E-state index contributed by atoms with van der Waals surface area (Å²) in [5, 5.41) is 0.815. The number of halogens is 1. The van der Waals surface area contributed by atoms with Gasteiger partial charge in [-0.3, -0.25) is 0 Å². The van der Waals surface area contributed by atoms with Crippen molar-refractivity contribution >= 4 is 37.5 Å². The molecule has 1 aromatic heterocycles. The van der Waals surface area contributed by atoms with E-state index in [0.717, 1.165) is 21.0 Å². The fourth-order valence-corrected chi connectivity index (χ4v) is 3.42. The molecule has 5 heteroatoms. The monoisotopic (exact) mass is 326 g/mol. The summed E-state index contributed by atoms with van der Waals surface area (Å²) < 4.78 is 1.09. The Morgan fingerprint density at radius 3 is 2.12 bits per heavy atom. The molecule has 0 radical (unpaired) electrons. The van der Waals surface area contributed by atoms with Gasteiger partial charge in [-0.15, -0.1) is 0 Å². The van der Waals surface area contributed by atoms with E-state index in [2.05, 4.69) is 38.0 Å². The molecule has 88 valence electrons. The Kier molecular flexibility index (Phi) is 4.48. The largest absolute Gasteiger partial charge is 0.227 e. The quantitative estimate of drug-likeness (QED) is 0.605. The minimum atomic E-state index is 0.815. The molecule has 0 unspecified atom stereocenters. The fourth-order valence-electron chi connectivity index (χ4n) is 1.31. The molecule has 0 aliphatic heterocycles. The molecule has 0 atom stereocenters. The van der Waals surface area contributed by atoms with Gasteiger partial charge in [0.15, 0.2) is 5.16 Å². The highest BCUT2D eigenvalue weighted by Crippen LogP contribution is 2.35. The van der Waals surface area contributed by atoms with Gasteiger partial charge in [0.25, 0.3) is 0 Å². The molecule has 0 saturated heterocycles. The molecule has 2 rings (SSSR count). The first-order chi connectivity index (χ1) is 8.13. The Labute approximate surface area is 117 Å². The van der Waals surface area contributed by atoms with Crippen LogP contribution >= 0.6 is 37.5 Å². The molecular formula is C12H11BrN2S2. The predicted molar refractivity (Wildman–Crippen MR) is 77.4 cm³/mol. The molecule has 2 aromatic rings. The summed E-state index contributed by atoms with van der Waals surface area (Å²) in [6.45, 7) is 3.98. The van der Waals surface area contributed by atoms with E-state index in [4.69, 9.17) is 0 Å². The molecule has 0 fully saturated rings. The lowest BCUT2D eigenvalue weighted by Crippen LogP contribution is -1.91. The smallest absolute Gasteiger partial charge is 0.199 e. The highest BCUT2D eigenvalue weighted by Gasteiger charge is 2.02.